The van der Waals surface area contributed by atoms with Gasteiger partial charge in [-0.1, -0.05) is 46.5 Å². The highest BCUT2D eigenvalue weighted by molar-refractivity contribution is 4.85. The minimum Gasteiger partial charge on any atom is -0.0625 e. The van der Waals surface area contributed by atoms with Gasteiger partial charge in [0.05, 0.1) is 0 Å². The second-order valence-corrected chi connectivity index (χ2v) is 6.48. The van der Waals surface area contributed by atoms with Gasteiger partial charge in [0.25, 0.3) is 0 Å². The van der Waals surface area contributed by atoms with Crippen molar-refractivity contribution in [3.8, 4) is 0 Å². The maximum atomic E-state index is 2.52. The molecule has 0 N–H and O–H groups in total. The Balaban J connectivity index is 1.96. The fourth-order valence-electron chi connectivity index (χ4n) is 4.31. The van der Waals surface area contributed by atoms with Crippen LogP contribution in [-0.2, 0) is 0 Å². The number of hydrogen-bond acceptors (Lipinski definition) is 0. The quantitative estimate of drug-likeness (QED) is 0.576. The number of rotatable bonds is 1. The molecule has 2 aliphatic carbocycles. The van der Waals surface area contributed by atoms with E-state index in [2.05, 4.69) is 20.8 Å². The van der Waals surface area contributed by atoms with Gasteiger partial charge in [-0.05, 0) is 48.9 Å². The third-order valence-electron chi connectivity index (χ3n) is 5.23. The van der Waals surface area contributed by atoms with Crippen LogP contribution < -0.4 is 0 Å². The summed E-state index contributed by atoms with van der Waals surface area (Å²) >= 11 is 0. The minimum atomic E-state index is 0.996. The maximum absolute atomic E-state index is 2.52. The predicted octanol–water partition coefficient (Wildman–Crippen LogP) is 4.89. The molecular formula is C15H28. The second kappa shape index (κ2) is 4.89. The van der Waals surface area contributed by atoms with Gasteiger partial charge in [0.2, 0.25) is 0 Å². The Morgan fingerprint density at radius 3 is 2.00 bits per heavy atom. The summed E-state index contributed by atoms with van der Waals surface area (Å²) in [6.07, 6.45) is 10.6. The molecule has 0 saturated heterocycles. The average molecular weight is 208 g/mol. The lowest BCUT2D eigenvalue weighted by Crippen LogP contribution is -2.33. The van der Waals surface area contributed by atoms with Crippen LogP contribution in [0.4, 0.5) is 0 Å². The van der Waals surface area contributed by atoms with E-state index >= 15 is 0 Å². The Morgan fingerprint density at radius 1 is 0.667 bits per heavy atom. The van der Waals surface area contributed by atoms with Crippen molar-refractivity contribution in [2.45, 2.75) is 65.7 Å². The Morgan fingerprint density at radius 2 is 1.33 bits per heavy atom. The van der Waals surface area contributed by atoms with E-state index in [4.69, 9.17) is 0 Å². The largest absolute Gasteiger partial charge is 0.0625 e. The zero-order valence-electron chi connectivity index (χ0n) is 10.8. The molecule has 0 heteroatoms. The molecule has 0 radical (unpaired) electrons. The Labute approximate surface area is 95.8 Å². The fraction of sp³-hybridized carbons (Fsp3) is 1.00. The summed E-state index contributed by atoms with van der Waals surface area (Å²) in [6.45, 7) is 7.47. The summed E-state index contributed by atoms with van der Waals surface area (Å²) in [5, 5.41) is 0. The van der Waals surface area contributed by atoms with E-state index in [-0.39, 0.29) is 0 Å². The summed E-state index contributed by atoms with van der Waals surface area (Å²) in [5.41, 5.74) is 0. The fourth-order valence-corrected chi connectivity index (χ4v) is 4.31. The molecule has 0 aromatic heterocycles. The van der Waals surface area contributed by atoms with Crippen molar-refractivity contribution in [2.75, 3.05) is 0 Å². The lowest BCUT2D eigenvalue weighted by Gasteiger charge is -2.42. The molecule has 0 bridgehead atoms. The van der Waals surface area contributed by atoms with E-state index in [1.165, 1.54) is 44.9 Å². The molecule has 0 amide bonds. The van der Waals surface area contributed by atoms with Crippen LogP contribution in [0.3, 0.4) is 0 Å². The van der Waals surface area contributed by atoms with Crippen molar-refractivity contribution in [2.24, 2.45) is 29.6 Å². The van der Waals surface area contributed by atoms with E-state index in [1.807, 2.05) is 0 Å². The average Bonchev–Trinajstić information content (AvgIpc) is 2.20. The smallest absolute Gasteiger partial charge is 0.0357 e. The molecule has 15 heavy (non-hydrogen) atoms. The molecule has 5 atom stereocenters. The van der Waals surface area contributed by atoms with Gasteiger partial charge >= 0.3 is 0 Å². The first kappa shape index (κ1) is 11.5. The van der Waals surface area contributed by atoms with Gasteiger partial charge in [-0.3, -0.25) is 0 Å². The number of hydrogen-bond donors (Lipinski definition) is 0. The third kappa shape index (κ3) is 2.57. The van der Waals surface area contributed by atoms with E-state index in [0.717, 1.165) is 29.6 Å². The summed E-state index contributed by atoms with van der Waals surface area (Å²) in [6, 6.07) is 0. The molecule has 0 aliphatic heterocycles. The van der Waals surface area contributed by atoms with Gasteiger partial charge in [-0.2, -0.15) is 0 Å². The molecular weight excluding hydrogens is 180 g/mol. The monoisotopic (exact) mass is 208 g/mol. The summed E-state index contributed by atoms with van der Waals surface area (Å²) in [4.78, 5) is 0. The van der Waals surface area contributed by atoms with Crippen LogP contribution >= 0.6 is 0 Å². The Kier molecular flexibility index (Phi) is 3.74. The zero-order chi connectivity index (χ0) is 10.8. The van der Waals surface area contributed by atoms with Crippen LogP contribution in [0.15, 0.2) is 0 Å². The van der Waals surface area contributed by atoms with E-state index in [1.54, 1.807) is 0 Å². The van der Waals surface area contributed by atoms with E-state index in [0.29, 0.717) is 0 Å². The highest BCUT2D eigenvalue weighted by atomic mass is 14.4. The van der Waals surface area contributed by atoms with Crippen LogP contribution in [0.2, 0.25) is 0 Å². The molecule has 0 aromatic carbocycles. The Hall–Kier alpha value is 0. The van der Waals surface area contributed by atoms with Crippen molar-refractivity contribution < 1.29 is 0 Å². The molecule has 0 spiro atoms. The highest BCUT2D eigenvalue weighted by Crippen LogP contribution is 2.45. The van der Waals surface area contributed by atoms with Crippen LogP contribution in [0.25, 0.3) is 0 Å². The maximum Gasteiger partial charge on any atom is -0.0357 e. The third-order valence-corrected chi connectivity index (χ3v) is 5.23. The zero-order valence-corrected chi connectivity index (χ0v) is 10.8. The first-order valence-electron chi connectivity index (χ1n) is 7.18. The van der Waals surface area contributed by atoms with Gasteiger partial charge in [0.1, 0.15) is 0 Å². The van der Waals surface area contributed by atoms with Crippen molar-refractivity contribution in [3.05, 3.63) is 0 Å². The molecule has 88 valence electrons. The lowest BCUT2D eigenvalue weighted by atomic mass is 9.63. The van der Waals surface area contributed by atoms with Crippen LogP contribution in [0.5, 0.6) is 0 Å². The molecule has 2 aliphatic rings. The minimum absolute atomic E-state index is 0.996. The topological polar surface area (TPSA) is 0 Å². The summed E-state index contributed by atoms with van der Waals surface area (Å²) < 4.78 is 0. The SMILES string of the molecule is CC1CCC(C2CCCCC2C)C(C)C1. The van der Waals surface area contributed by atoms with Crippen LogP contribution in [0, 0.1) is 29.6 Å². The van der Waals surface area contributed by atoms with Crippen molar-refractivity contribution in [1.29, 1.82) is 0 Å². The van der Waals surface area contributed by atoms with Gasteiger partial charge in [-0.15, -0.1) is 0 Å². The lowest BCUT2D eigenvalue weighted by molar-refractivity contribution is 0.0800. The predicted molar refractivity (Wildman–Crippen MR) is 66.8 cm³/mol. The van der Waals surface area contributed by atoms with E-state index < -0.39 is 0 Å². The van der Waals surface area contributed by atoms with Crippen LogP contribution in [-0.4, -0.2) is 0 Å². The summed E-state index contributed by atoms with van der Waals surface area (Å²) in [5.74, 6) is 5.15. The normalized spacial score (nSPS) is 47.8. The van der Waals surface area contributed by atoms with E-state index in [9.17, 15) is 0 Å². The second-order valence-electron chi connectivity index (χ2n) is 6.48. The summed E-state index contributed by atoms with van der Waals surface area (Å²) in [7, 11) is 0. The van der Waals surface area contributed by atoms with Crippen molar-refractivity contribution >= 4 is 0 Å². The molecule has 2 fully saturated rings. The standard InChI is InChI=1S/C15H28/c1-11-8-9-15(13(3)10-11)14-7-5-4-6-12(14)2/h11-15H,4-10H2,1-3H3. The van der Waals surface area contributed by atoms with Gasteiger partial charge in [-0.25, -0.2) is 0 Å². The van der Waals surface area contributed by atoms with Gasteiger partial charge in [0, 0.05) is 0 Å². The molecule has 0 heterocycles. The van der Waals surface area contributed by atoms with Crippen molar-refractivity contribution in [3.63, 3.8) is 0 Å². The van der Waals surface area contributed by atoms with Gasteiger partial charge in [0.15, 0.2) is 0 Å². The highest BCUT2D eigenvalue weighted by Gasteiger charge is 2.35. The molecule has 5 unspecified atom stereocenters. The van der Waals surface area contributed by atoms with Gasteiger partial charge < -0.3 is 0 Å². The van der Waals surface area contributed by atoms with Crippen molar-refractivity contribution in [1.82, 2.24) is 0 Å². The molecule has 0 nitrogen and oxygen atoms in total. The molecule has 2 rings (SSSR count). The Bertz CT molecular complexity index is 196. The van der Waals surface area contributed by atoms with Crippen LogP contribution in [0.1, 0.15) is 65.7 Å². The first-order valence-corrected chi connectivity index (χ1v) is 7.18. The first-order chi connectivity index (χ1) is 7.18. The molecule has 0 aromatic rings. The molecule has 2 saturated carbocycles.